The van der Waals surface area contributed by atoms with Crippen LogP contribution in [0.5, 0.6) is 0 Å². The topological polar surface area (TPSA) is 96.0 Å². The van der Waals surface area contributed by atoms with Gasteiger partial charge in [-0.15, -0.1) is 0 Å². The van der Waals surface area contributed by atoms with Gasteiger partial charge >= 0.3 is 5.97 Å². The second-order valence-corrected chi connectivity index (χ2v) is 9.11. The molecule has 0 aliphatic carbocycles. The molecule has 0 aromatic carbocycles. The van der Waals surface area contributed by atoms with Crippen LogP contribution in [0.25, 0.3) is 0 Å². The van der Waals surface area contributed by atoms with E-state index in [0.29, 0.717) is 18.6 Å². The van der Waals surface area contributed by atoms with E-state index in [1.807, 2.05) is 18.7 Å². The lowest BCUT2D eigenvalue weighted by Gasteiger charge is -2.29. The van der Waals surface area contributed by atoms with Gasteiger partial charge in [-0.2, -0.15) is 0 Å². The Kier molecular flexibility index (Phi) is 19.0. The molecule has 8 heteroatoms. The number of rotatable bonds is 8. The monoisotopic (exact) mass is 469 g/mol. The van der Waals surface area contributed by atoms with Gasteiger partial charge in [-0.1, -0.05) is 40.7 Å². The molecule has 1 atom stereocenters. The molecule has 0 aromatic rings. The summed E-state index contributed by atoms with van der Waals surface area (Å²) in [5.41, 5.74) is 0.466. The number of esters is 1. The first-order valence-corrected chi connectivity index (χ1v) is 11.9. The molecular formula is C25H47N3O5. The van der Waals surface area contributed by atoms with Crippen LogP contribution in [0.4, 0.5) is 0 Å². The molecule has 33 heavy (non-hydrogen) atoms. The van der Waals surface area contributed by atoms with Crippen molar-refractivity contribution in [2.75, 3.05) is 33.3 Å². The lowest BCUT2D eigenvalue weighted by atomic mass is 10.00. The van der Waals surface area contributed by atoms with E-state index in [-0.39, 0.29) is 36.3 Å². The number of carbonyl (C=O) groups is 4. The van der Waals surface area contributed by atoms with E-state index in [1.165, 1.54) is 24.2 Å². The van der Waals surface area contributed by atoms with Gasteiger partial charge in [0.15, 0.2) is 0 Å². The van der Waals surface area contributed by atoms with E-state index in [2.05, 4.69) is 26.1 Å². The zero-order valence-corrected chi connectivity index (χ0v) is 22.3. The van der Waals surface area contributed by atoms with Crippen LogP contribution >= 0.6 is 0 Å². The molecule has 0 bridgehead atoms. The zero-order chi connectivity index (χ0) is 26.0. The number of likely N-dealkylation sites (N-methyl/N-ethyl adjacent to an activating group) is 1. The molecule has 0 unspecified atom stereocenters. The highest BCUT2D eigenvalue weighted by atomic mass is 16.5. The molecule has 1 saturated heterocycles. The van der Waals surface area contributed by atoms with Gasteiger partial charge in [0.05, 0.1) is 19.2 Å². The summed E-state index contributed by atoms with van der Waals surface area (Å²) in [5.74, 6) is 0.591. The minimum atomic E-state index is -0.384. The largest absolute Gasteiger partial charge is 0.463 e. The van der Waals surface area contributed by atoms with Gasteiger partial charge in [0, 0.05) is 32.6 Å². The summed E-state index contributed by atoms with van der Waals surface area (Å²) in [7, 11) is 1.65. The second kappa shape index (κ2) is 19.1. The number of nitrogens with one attached hydrogen (secondary N) is 1. The fourth-order valence-corrected chi connectivity index (χ4v) is 2.95. The van der Waals surface area contributed by atoms with Crippen LogP contribution in [0.15, 0.2) is 11.6 Å². The van der Waals surface area contributed by atoms with Crippen molar-refractivity contribution >= 4 is 24.2 Å². The Balaban J connectivity index is 0. The Morgan fingerprint density at radius 1 is 1.03 bits per heavy atom. The number of ether oxygens (including phenoxy) is 1. The van der Waals surface area contributed by atoms with E-state index < -0.39 is 0 Å². The van der Waals surface area contributed by atoms with Gasteiger partial charge < -0.3 is 19.9 Å². The van der Waals surface area contributed by atoms with Gasteiger partial charge in [0.1, 0.15) is 0 Å². The van der Waals surface area contributed by atoms with Crippen LogP contribution in [0.1, 0.15) is 74.7 Å². The minimum Gasteiger partial charge on any atom is -0.463 e. The average Bonchev–Trinajstić information content (AvgIpc) is 2.75. The molecule has 0 radical (unpaired) electrons. The van der Waals surface area contributed by atoms with Gasteiger partial charge in [-0.25, -0.2) is 4.79 Å². The highest BCUT2D eigenvalue weighted by molar-refractivity contribution is 5.88. The second-order valence-electron chi connectivity index (χ2n) is 9.11. The first-order valence-electron chi connectivity index (χ1n) is 11.9. The minimum absolute atomic E-state index is 0.0600. The van der Waals surface area contributed by atoms with Crippen LogP contribution < -0.4 is 5.32 Å². The maximum atomic E-state index is 11.9. The van der Waals surface area contributed by atoms with Crippen molar-refractivity contribution in [3.63, 3.8) is 0 Å². The normalized spacial score (nSPS) is 14.3. The Morgan fingerprint density at radius 2 is 1.55 bits per heavy atom. The molecule has 3 amide bonds. The first kappa shape index (κ1) is 32.8. The molecule has 0 saturated carbocycles. The van der Waals surface area contributed by atoms with E-state index in [9.17, 15) is 19.2 Å². The molecular weight excluding hydrogens is 422 g/mol. The molecule has 1 aliphatic rings. The quantitative estimate of drug-likeness (QED) is 0.334. The van der Waals surface area contributed by atoms with E-state index >= 15 is 0 Å². The first-order chi connectivity index (χ1) is 15.4. The van der Waals surface area contributed by atoms with E-state index in [0.717, 1.165) is 19.0 Å². The molecule has 1 fully saturated rings. The van der Waals surface area contributed by atoms with Crippen molar-refractivity contribution in [3.05, 3.63) is 11.6 Å². The molecule has 192 valence electrons. The summed E-state index contributed by atoms with van der Waals surface area (Å²) in [6, 6.07) is -0.236. The lowest BCUT2D eigenvalue weighted by Crippen LogP contribution is -2.43. The third-order valence-corrected chi connectivity index (χ3v) is 4.68. The van der Waals surface area contributed by atoms with Gasteiger partial charge in [0.25, 0.3) is 0 Å². The standard InChI is InChI=1S/C14H24N2O4.C7H13NO.C4H10/c1-6-20-14(19)11(4)7-12(10(2)3)16(5)13(18)8-15-9-17;1-7(9)8-5-3-2-4-6-8;1-4(2)3/h7,9-10,12H,6,8H2,1-5H3,(H,15,17);2-6H2,1H3;4H,1-3H3/b11-7+;;/t12-;;/m1../s1. The molecule has 0 aromatic heterocycles. The molecule has 1 aliphatic heterocycles. The van der Waals surface area contributed by atoms with Crippen LogP contribution in [0.3, 0.4) is 0 Å². The number of carbonyl (C=O) groups excluding carboxylic acids is 4. The molecule has 8 nitrogen and oxygen atoms in total. The Labute approximate surface area is 201 Å². The number of nitrogens with zero attached hydrogens (tertiary/aromatic N) is 2. The Morgan fingerprint density at radius 3 is 1.91 bits per heavy atom. The predicted molar refractivity (Wildman–Crippen MR) is 132 cm³/mol. The smallest absolute Gasteiger partial charge is 0.333 e. The predicted octanol–water partition coefficient (Wildman–Crippen LogP) is 3.41. The van der Waals surface area contributed by atoms with Gasteiger partial charge in [-0.05, 0) is 44.9 Å². The fraction of sp³-hybridized carbons (Fsp3) is 0.760. The number of amides is 3. The zero-order valence-electron chi connectivity index (χ0n) is 22.3. The maximum Gasteiger partial charge on any atom is 0.333 e. The summed E-state index contributed by atoms with van der Waals surface area (Å²) in [6.07, 6.45) is 5.89. The summed E-state index contributed by atoms with van der Waals surface area (Å²) in [6.45, 7) is 17.7. The third kappa shape index (κ3) is 16.8. The van der Waals surface area contributed by atoms with Crippen molar-refractivity contribution in [1.29, 1.82) is 0 Å². The molecule has 0 spiro atoms. The van der Waals surface area contributed by atoms with Crippen molar-refractivity contribution in [2.24, 2.45) is 11.8 Å². The maximum absolute atomic E-state index is 11.9. The Hall–Kier alpha value is -2.38. The van der Waals surface area contributed by atoms with Crippen molar-refractivity contribution < 1.29 is 23.9 Å². The van der Waals surface area contributed by atoms with E-state index in [1.54, 1.807) is 33.9 Å². The molecule has 1 N–H and O–H groups in total. The number of hydrogen-bond acceptors (Lipinski definition) is 5. The fourth-order valence-electron chi connectivity index (χ4n) is 2.95. The Bertz CT molecular complexity index is 608. The SMILES string of the molecule is CC(=O)N1CCCCC1.CC(C)C.CCOC(=O)/C(C)=C/[C@H](C(C)C)N(C)C(=O)CNC=O. The van der Waals surface area contributed by atoms with Gasteiger partial charge in [-0.3, -0.25) is 14.4 Å². The highest BCUT2D eigenvalue weighted by Crippen LogP contribution is 2.14. The highest BCUT2D eigenvalue weighted by Gasteiger charge is 2.22. The summed E-state index contributed by atoms with van der Waals surface area (Å²) >= 11 is 0. The number of piperidine rings is 1. The third-order valence-electron chi connectivity index (χ3n) is 4.68. The average molecular weight is 470 g/mol. The van der Waals surface area contributed by atoms with E-state index in [4.69, 9.17) is 4.74 Å². The summed E-state index contributed by atoms with van der Waals surface area (Å²) in [5, 5.41) is 2.34. The van der Waals surface area contributed by atoms with Crippen LogP contribution in [0.2, 0.25) is 0 Å². The van der Waals surface area contributed by atoms with Crippen LogP contribution in [-0.2, 0) is 23.9 Å². The van der Waals surface area contributed by atoms with Gasteiger partial charge in [0.2, 0.25) is 18.2 Å². The van der Waals surface area contributed by atoms with Crippen molar-refractivity contribution in [3.8, 4) is 0 Å². The van der Waals surface area contributed by atoms with Crippen molar-refractivity contribution in [1.82, 2.24) is 15.1 Å². The van der Waals surface area contributed by atoms with Crippen LogP contribution in [0, 0.1) is 11.8 Å². The number of hydrogen-bond donors (Lipinski definition) is 1. The molecule has 1 heterocycles. The summed E-state index contributed by atoms with van der Waals surface area (Å²) in [4.78, 5) is 47.9. The summed E-state index contributed by atoms with van der Waals surface area (Å²) < 4.78 is 4.92. The molecule has 1 rings (SSSR count). The lowest BCUT2D eigenvalue weighted by molar-refractivity contribution is -0.138. The number of likely N-dealkylation sites (tertiary alicyclic amines) is 1. The van der Waals surface area contributed by atoms with Crippen molar-refractivity contribution in [2.45, 2.75) is 80.7 Å². The van der Waals surface area contributed by atoms with Crippen LogP contribution in [-0.4, -0.2) is 73.3 Å².